The van der Waals surface area contributed by atoms with Gasteiger partial charge in [-0.05, 0) is 26.9 Å². The summed E-state index contributed by atoms with van der Waals surface area (Å²) in [6, 6.07) is 2.18. The number of nitrogens with one attached hydrogen (secondary N) is 1. The van der Waals surface area contributed by atoms with Gasteiger partial charge >= 0.3 is 0 Å². The van der Waals surface area contributed by atoms with Gasteiger partial charge in [-0.15, -0.1) is 0 Å². The lowest BCUT2D eigenvalue weighted by molar-refractivity contribution is 0.367. The zero-order valence-corrected chi connectivity index (χ0v) is 9.81. The van der Waals surface area contributed by atoms with E-state index in [-0.39, 0.29) is 5.56 Å². The maximum atomic E-state index is 11.7. The maximum absolute atomic E-state index is 11.7. The van der Waals surface area contributed by atoms with Crippen molar-refractivity contribution in [3.63, 3.8) is 0 Å². The molecular formula is C11H18N4O. The van der Waals surface area contributed by atoms with Gasteiger partial charge in [0.1, 0.15) is 0 Å². The van der Waals surface area contributed by atoms with Gasteiger partial charge in [-0.25, -0.2) is 4.68 Å². The van der Waals surface area contributed by atoms with Crippen molar-refractivity contribution in [1.29, 1.82) is 0 Å². The van der Waals surface area contributed by atoms with Crippen LogP contribution in [0.5, 0.6) is 0 Å². The molecule has 1 fully saturated rings. The van der Waals surface area contributed by atoms with E-state index >= 15 is 0 Å². The molecule has 0 saturated heterocycles. The van der Waals surface area contributed by atoms with Crippen LogP contribution in [-0.4, -0.2) is 41.4 Å². The van der Waals surface area contributed by atoms with Gasteiger partial charge in [-0.3, -0.25) is 4.79 Å². The molecule has 2 rings (SSSR count). The highest BCUT2D eigenvalue weighted by Crippen LogP contribution is 2.23. The lowest BCUT2D eigenvalue weighted by atomic mass is 10.4. The SMILES string of the molecule is CN(C)CCn1ncc(NC2CC2)cc1=O. The second-order valence-corrected chi connectivity index (χ2v) is 4.53. The van der Waals surface area contributed by atoms with E-state index in [1.807, 2.05) is 19.0 Å². The Kier molecular flexibility index (Phi) is 3.24. The van der Waals surface area contributed by atoms with Gasteiger partial charge < -0.3 is 10.2 Å². The molecule has 16 heavy (non-hydrogen) atoms. The summed E-state index contributed by atoms with van der Waals surface area (Å²) in [7, 11) is 3.96. The molecule has 5 heteroatoms. The minimum Gasteiger partial charge on any atom is -0.381 e. The Morgan fingerprint density at radius 2 is 2.31 bits per heavy atom. The molecule has 0 unspecified atom stereocenters. The molecular weight excluding hydrogens is 204 g/mol. The highest BCUT2D eigenvalue weighted by Gasteiger charge is 2.20. The van der Waals surface area contributed by atoms with Crippen molar-refractivity contribution in [2.75, 3.05) is 26.0 Å². The standard InChI is InChI=1S/C11H18N4O/c1-14(2)5-6-15-11(16)7-10(8-12-15)13-9-3-4-9/h7-9,13H,3-6H2,1-2H3. The van der Waals surface area contributed by atoms with E-state index in [1.54, 1.807) is 12.3 Å². The molecule has 1 aliphatic carbocycles. The molecule has 1 N–H and O–H groups in total. The van der Waals surface area contributed by atoms with E-state index in [1.165, 1.54) is 17.5 Å². The fraction of sp³-hybridized carbons (Fsp3) is 0.636. The minimum absolute atomic E-state index is 0.0347. The van der Waals surface area contributed by atoms with Crippen molar-refractivity contribution in [2.24, 2.45) is 0 Å². The zero-order valence-electron chi connectivity index (χ0n) is 9.81. The fourth-order valence-corrected chi connectivity index (χ4v) is 1.44. The minimum atomic E-state index is -0.0347. The van der Waals surface area contributed by atoms with E-state index in [2.05, 4.69) is 10.4 Å². The Morgan fingerprint density at radius 1 is 1.56 bits per heavy atom. The number of anilines is 1. The topological polar surface area (TPSA) is 50.2 Å². The predicted molar refractivity (Wildman–Crippen MR) is 63.7 cm³/mol. The van der Waals surface area contributed by atoms with E-state index < -0.39 is 0 Å². The van der Waals surface area contributed by atoms with Crippen molar-refractivity contribution >= 4 is 5.69 Å². The van der Waals surface area contributed by atoms with Crippen LogP contribution in [0.1, 0.15) is 12.8 Å². The van der Waals surface area contributed by atoms with E-state index in [0.29, 0.717) is 12.6 Å². The smallest absolute Gasteiger partial charge is 0.268 e. The first-order valence-corrected chi connectivity index (χ1v) is 5.63. The van der Waals surface area contributed by atoms with Gasteiger partial charge in [0, 0.05) is 18.7 Å². The molecule has 0 amide bonds. The highest BCUT2D eigenvalue weighted by molar-refractivity contribution is 5.41. The normalized spacial score (nSPS) is 15.4. The Morgan fingerprint density at radius 3 is 2.88 bits per heavy atom. The van der Waals surface area contributed by atoms with Gasteiger partial charge in [-0.1, -0.05) is 0 Å². The monoisotopic (exact) mass is 222 g/mol. The van der Waals surface area contributed by atoms with E-state index in [4.69, 9.17) is 0 Å². The largest absolute Gasteiger partial charge is 0.381 e. The summed E-state index contributed by atoms with van der Waals surface area (Å²) in [6.45, 7) is 1.46. The molecule has 0 aromatic carbocycles. The lowest BCUT2D eigenvalue weighted by Crippen LogP contribution is -2.28. The van der Waals surface area contributed by atoms with Crippen LogP contribution in [0, 0.1) is 0 Å². The molecule has 0 radical (unpaired) electrons. The van der Waals surface area contributed by atoms with Crippen molar-refractivity contribution in [2.45, 2.75) is 25.4 Å². The molecule has 1 heterocycles. The molecule has 5 nitrogen and oxygen atoms in total. The zero-order chi connectivity index (χ0) is 11.5. The number of rotatable bonds is 5. The van der Waals surface area contributed by atoms with Crippen LogP contribution < -0.4 is 10.9 Å². The van der Waals surface area contributed by atoms with E-state index in [0.717, 1.165) is 12.2 Å². The van der Waals surface area contributed by atoms with Crippen molar-refractivity contribution < 1.29 is 0 Å². The first-order valence-electron chi connectivity index (χ1n) is 5.63. The summed E-state index contributed by atoms with van der Waals surface area (Å²) < 4.78 is 1.50. The van der Waals surface area contributed by atoms with Crippen LogP contribution in [0.3, 0.4) is 0 Å². The Balaban J connectivity index is 2.00. The lowest BCUT2D eigenvalue weighted by Gasteiger charge is -2.10. The quantitative estimate of drug-likeness (QED) is 0.782. The van der Waals surface area contributed by atoms with E-state index in [9.17, 15) is 4.79 Å². The van der Waals surface area contributed by atoms with Crippen molar-refractivity contribution in [1.82, 2.24) is 14.7 Å². The van der Waals surface area contributed by atoms with Crippen molar-refractivity contribution in [3.05, 3.63) is 22.6 Å². The first-order chi connectivity index (χ1) is 7.65. The molecule has 1 aliphatic rings. The molecule has 1 aromatic heterocycles. The average molecular weight is 222 g/mol. The number of hydrogen-bond donors (Lipinski definition) is 1. The number of likely N-dealkylation sites (N-methyl/N-ethyl adjacent to an activating group) is 1. The molecule has 0 aliphatic heterocycles. The number of hydrogen-bond acceptors (Lipinski definition) is 4. The second-order valence-electron chi connectivity index (χ2n) is 4.53. The van der Waals surface area contributed by atoms with Gasteiger partial charge in [0.15, 0.2) is 0 Å². The Bertz CT molecular complexity index is 409. The van der Waals surface area contributed by atoms with Gasteiger partial charge in [-0.2, -0.15) is 5.10 Å². The summed E-state index contributed by atoms with van der Waals surface area (Å²) in [5, 5.41) is 7.41. The number of nitrogens with zero attached hydrogens (tertiary/aromatic N) is 3. The van der Waals surface area contributed by atoms with Crippen LogP contribution in [0.2, 0.25) is 0 Å². The summed E-state index contributed by atoms with van der Waals surface area (Å²) in [4.78, 5) is 13.7. The van der Waals surface area contributed by atoms with Crippen LogP contribution in [0.25, 0.3) is 0 Å². The third-order valence-electron chi connectivity index (χ3n) is 2.58. The fourth-order valence-electron chi connectivity index (χ4n) is 1.44. The van der Waals surface area contributed by atoms with Gasteiger partial charge in [0.25, 0.3) is 5.56 Å². The van der Waals surface area contributed by atoms with Crippen LogP contribution in [0.15, 0.2) is 17.1 Å². The molecule has 1 aromatic rings. The van der Waals surface area contributed by atoms with Gasteiger partial charge in [0.2, 0.25) is 0 Å². The van der Waals surface area contributed by atoms with Crippen molar-refractivity contribution in [3.8, 4) is 0 Å². The Labute approximate surface area is 95.1 Å². The van der Waals surface area contributed by atoms with Gasteiger partial charge in [0.05, 0.1) is 18.4 Å². The maximum Gasteiger partial charge on any atom is 0.268 e. The molecule has 0 atom stereocenters. The predicted octanol–water partition coefficient (Wildman–Crippen LogP) is 0.379. The molecule has 0 bridgehead atoms. The van der Waals surface area contributed by atoms with Crippen LogP contribution >= 0.6 is 0 Å². The summed E-state index contributed by atoms with van der Waals surface area (Å²) in [5.74, 6) is 0. The molecule has 0 spiro atoms. The molecule has 1 saturated carbocycles. The summed E-state index contributed by atoms with van der Waals surface area (Å²) >= 11 is 0. The third-order valence-corrected chi connectivity index (χ3v) is 2.58. The first kappa shape index (κ1) is 11.1. The molecule has 88 valence electrons. The summed E-state index contributed by atoms with van der Waals surface area (Å²) in [5.41, 5.74) is 0.807. The van der Waals surface area contributed by atoms with Crippen LogP contribution in [0.4, 0.5) is 5.69 Å². The third kappa shape index (κ3) is 3.06. The average Bonchev–Trinajstić information content (AvgIpc) is 3.00. The number of aromatic nitrogens is 2. The summed E-state index contributed by atoms with van der Waals surface area (Å²) in [6.07, 6.45) is 4.13. The highest BCUT2D eigenvalue weighted by atomic mass is 16.1. The van der Waals surface area contributed by atoms with Crippen LogP contribution in [-0.2, 0) is 6.54 Å². The second kappa shape index (κ2) is 4.65. The Hall–Kier alpha value is -1.36.